The molecule has 8 heteroatoms. The van der Waals surface area contributed by atoms with E-state index in [9.17, 15) is 23.1 Å². The maximum Gasteiger partial charge on any atom is 0.251 e. The summed E-state index contributed by atoms with van der Waals surface area (Å²) in [6.07, 6.45) is 3.01. The summed E-state index contributed by atoms with van der Waals surface area (Å²) in [5, 5.41) is 16.5. The summed E-state index contributed by atoms with van der Waals surface area (Å²) >= 11 is 0. The first-order valence-corrected chi connectivity index (χ1v) is 6.35. The van der Waals surface area contributed by atoms with Crippen LogP contribution in [0.3, 0.4) is 0 Å². The van der Waals surface area contributed by atoms with E-state index in [4.69, 9.17) is 0 Å². The van der Waals surface area contributed by atoms with Crippen molar-refractivity contribution in [2.45, 2.75) is 12.5 Å². The molecular weight excluding hydrogens is 299 g/mol. The van der Waals surface area contributed by atoms with Crippen molar-refractivity contribution < 1.29 is 23.1 Å². The zero-order valence-corrected chi connectivity index (χ0v) is 11.9. The van der Waals surface area contributed by atoms with Gasteiger partial charge in [-0.25, -0.2) is 13.2 Å². The molecule has 1 aromatic carbocycles. The van der Waals surface area contributed by atoms with Crippen molar-refractivity contribution in [3.05, 3.63) is 53.1 Å². The van der Waals surface area contributed by atoms with E-state index in [1.807, 2.05) is 0 Å². The zero-order chi connectivity index (χ0) is 16.5. The second-order valence-corrected chi connectivity index (χ2v) is 5.11. The average molecular weight is 313 g/mol. The minimum Gasteiger partial charge on any atom is -0.383 e. The molecule has 0 saturated carbocycles. The highest BCUT2D eigenvalue weighted by molar-refractivity contribution is 5.94. The van der Waals surface area contributed by atoms with Crippen LogP contribution in [0.25, 0.3) is 0 Å². The number of aryl methyl sites for hydroxylation is 1. The van der Waals surface area contributed by atoms with Crippen molar-refractivity contribution in [1.29, 1.82) is 0 Å². The number of nitrogens with one attached hydrogen (secondary N) is 1. The van der Waals surface area contributed by atoms with Crippen LogP contribution in [0.4, 0.5) is 13.2 Å². The number of hydrogen-bond donors (Lipinski definition) is 2. The Bertz CT molecular complexity index is 690. The van der Waals surface area contributed by atoms with Crippen LogP contribution in [-0.4, -0.2) is 27.3 Å². The number of benzene rings is 1. The Morgan fingerprint density at radius 1 is 1.36 bits per heavy atom. The van der Waals surface area contributed by atoms with Gasteiger partial charge in [-0.05, 0) is 19.1 Å². The lowest BCUT2D eigenvalue weighted by molar-refractivity contribution is 0.0525. The summed E-state index contributed by atoms with van der Waals surface area (Å²) < 4.78 is 40.5. The van der Waals surface area contributed by atoms with Crippen LogP contribution in [0, 0.1) is 17.5 Å². The van der Waals surface area contributed by atoms with Crippen molar-refractivity contribution in [3.8, 4) is 0 Å². The predicted octanol–water partition coefficient (Wildman–Crippen LogP) is 1.47. The van der Waals surface area contributed by atoms with Gasteiger partial charge in [-0.2, -0.15) is 5.10 Å². The Balaban J connectivity index is 2.10. The summed E-state index contributed by atoms with van der Waals surface area (Å²) in [6, 6.07) is 1.18. The van der Waals surface area contributed by atoms with Gasteiger partial charge in [-0.3, -0.25) is 9.48 Å². The van der Waals surface area contributed by atoms with Crippen LogP contribution in [0.5, 0.6) is 0 Å². The van der Waals surface area contributed by atoms with Gasteiger partial charge in [0.25, 0.3) is 5.91 Å². The monoisotopic (exact) mass is 313 g/mol. The molecule has 5 nitrogen and oxygen atoms in total. The topological polar surface area (TPSA) is 67.2 Å². The van der Waals surface area contributed by atoms with Crippen molar-refractivity contribution in [2.75, 3.05) is 6.54 Å². The Morgan fingerprint density at radius 2 is 1.95 bits per heavy atom. The molecule has 118 valence electrons. The van der Waals surface area contributed by atoms with Gasteiger partial charge in [-0.15, -0.1) is 0 Å². The average Bonchev–Trinajstić information content (AvgIpc) is 2.89. The number of amides is 1. The lowest BCUT2D eigenvalue weighted by Crippen LogP contribution is -2.38. The molecule has 0 unspecified atom stereocenters. The highest BCUT2D eigenvalue weighted by atomic mass is 19.2. The predicted molar refractivity (Wildman–Crippen MR) is 71.4 cm³/mol. The lowest BCUT2D eigenvalue weighted by Gasteiger charge is -2.22. The number of aromatic nitrogens is 2. The van der Waals surface area contributed by atoms with Crippen LogP contribution < -0.4 is 5.32 Å². The van der Waals surface area contributed by atoms with Crippen molar-refractivity contribution in [1.82, 2.24) is 15.1 Å². The number of halogens is 3. The van der Waals surface area contributed by atoms with Crippen LogP contribution >= 0.6 is 0 Å². The van der Waals surface area contributed by atoms with Crippen molar-refractivity contribution in [2.24, 2.45) is 7.05 Å². The minimum absolute atomic E-state index is 0.210. The number of rotatable bonds is 4. The summed E-state index contributed by atoms with van der Waals surface area (Å²) in [5.74, 6) is -5.38. The zero-order valence-electron chi connectivity index (χ0n) is 11.9. The molecule has 0 fully saturated rings. The third-order valence-corrected chi connectivity index (χ3v) is 3.17. The summed E-state index contributed by atoms with van der Waals surface area (Å²) in [6.45, 7) is 1.24. The van der Waals surface area contributed by atoms with E-state index in [0.717, 1.165) is 0 Å². The smallest absolute Gasteiger partial charge is 0.251 e. The fourth-order valence-corrected chi connectivity index (χ4v) is 1.84. The van der Waals surface area contributed by atoms with Crippen LogP contribution in [-0.2, 0) is 12.6 Å². The van der Waals surface area contributed by atoms with Gasteiger partial charge >= 0.3 is 0 Å². The quantitative estimate of drug-likeness (QED) is 0.840. The van der Waals surface area contributed by atoms with Crippen molar-refractivity contribution in [3.63, 3.8) is 0 Å². The fourth-order valence-electron chi connectivity index (χ4n) is 1.84. The molecule has 2 N–H and O–H groups in total. The number of hydrogen-bond acceptors (Lipinski definition) is 3. The van der Waals surface area contributed by atoms with E-state index in [0.29, 0.717) is 17.7 Å². The lowest BCUT2D eigenvalue weighted by atomic mass is 9.99. The highest BCUT2D eigenvalue weighted by Crippen LogP contribution is 2.19. The maximum absolute atomic E-state index is 13.1. The third-order valence-electron chi connectivity index (χ3n) is 3.17. The number of nitrogens with zero attached hydrogens (tertiary/aromatic N) is 2. The van der Waals surface area contributed by atoms with E-state index in [1.54, 1.807) is 13.2 Å². The van der Waals surface area contributed by atoms with Gasteiger partial charge in [-0.1, -0.05) is 0 Å². The van der Waals surface area contributed by atoms with E-state index in [-0.39, 0.29) is 12.1 Å². The Hall–Kier alpha value is -2.35. The summed E-state index contributed by atoms with van der Waals surface area (Å²) in [4.78, 5) is 11.8. The van der Waals surface area contributed by atoms with Gasteiger partial charge in [0.05, 0.1) is 12.7 Å². The molecule has 1 amide bonds. The summed E-state index contributed by atoms with van der Waals surface area (Å²) in [7, 11) is 1.67. The third kappa shape index (κ3) is 3.28. The molecule has 1 atom stereocenters. The molecule has 1 aromatic heterocycles. The van der Waals surface area contributed by atoms with E-state index >= 15 is 0 Å². The van der Waals surface area contributed by atoms with Gasteiger partial charge < -0.3 is 10.4 Å². The molecule has 1 heterocycles. The van der Waals surface area contributed by atoms with E-state index < -0.39 is 29.0 Å². The van der Waals surface area contributed by atoms with Crippen molar-refractivity contribution >= 4 is 5.91 Å². The molecular formula is C14H14F3N3O2. The maximum atomic E-state index is 13.1. The molecule has 0 spiro atoms. The first-order valence-electron chi connectivity index (χ1n) is 6.35. The van der Waals surface area contributed by atoms with Crippen LogP contribution in [0.15, 0.2) is 24.5 Å². The summed E-state index contributed by atoms with van der Waals surface area (Å²) in [5.41, 5.74) is -1.33. The second kappa shape index (κ2) is 5.80. The standard InChI is InChI=1S/C14H14F3N3O2/c1-14(22,9-5-19-20(2)6-9)7-18-13(21)8-3-10(15)12(17)11(16)4-8/h3-6,22H,7H2,1-2H3,(H,18,21)/t14-/m1/s1. The molecule has 22 heavy (non-hydrogen) atoms. The molecule has 0 aliphatic heterocycles. The normalized spacial score (nSPS) is 13.7. The molecule has 0 radical (unpaired) electrons. The van der Waals surface area contributed by atoms with Gasteiger partial charge in [0, 0.05) is 24.4 Å². The SMILES string of the molecule is Cn1cc([C@](C)(O)CNC(=O)c2cc(F)c(F)c(F)c2)cn1. The Morgan fingerprint density at radius 3 is 2.45 bits per heavy atom. The van der Waals surface area contributed by atoms with Gasteiger partial charge in [0.1, 0.15) is 5.60 Å². The molecule has 0 bridgehead atoms. The Kier molecular flexibility index (Phi) is 4.23. The fraction of sp³-hybridized carbons (Fsp3) is 0.286. The van der Waals surface area contributed by atoms with Gasteiger partial charge in [0.15, 0.2) is 17.5 Å². The second-order valence-electron chi connectivity index (χ2n) is 5.11. The first kappa shape index (κ1) is 16.0. The Labute approximate surface area is 124 Å². The van der Waals surface area contributed by atoms with E-state index in [1.165, 1.54) is 17.8 Å². The van der Waals surface area contributed by atoms with Crippen LogP contribution in [0.1, 0.15) is 22.8 Å². The minimum atomic E-state index is -1.64. The molecule has 0 aliphatic rings. The van der Waals surface area contributed by atoms with Crippen LogP contribution in [0.2, 0.25) is 0 Å². The first-order chi connectivity index (χ1) is 10.2. The molecule has 2 rings (SSSR count). The largest absolute Gasteiger partial charge is 0.383 e. The highest BCUT2D eigenvalue weighted by Gasteiger charge is 2.26. The number of carbonyl (C=O) groups is 1. The number of carbonyl (C=O) groups excluding carboxylic acids is 1. The molecule has 0 aliphatic carbocycles. The molecule has 2 aromatic rings. The molecule has 0 saturated heterocycles. The number of aliphatic hydroxyl groups is 1. The van der Waals surface area contributed by atoms with Gasteiger partial charge in [0.2, 0.25) is 0 Å². The van der Waals surface area contributed by atoms with E-state index in [2.05, 4.69) is 10.4 Å².